The van der Waals surface area contributed by atoms with Gasteiger partial charge >= 0.3 is 0 Å². The predicted molar refractivity (Wildman–Crippen MR) is 184 cm³/mol. The molecule has 2 aromatic heterocycles. The highest BCUT2D eigenvalue weighted by Crippen LogP contribution is 2.38. The first-order valence-electron chi connectivity index (χ1n) is 15.0. The first-order valence-corrected chi connectivity index (χ1v) is 15.0. The van der Waals surface area contributed by atoms with Crippen LogP contribution in [0.2, 0.25) is 0 Å². The van der Waals surface area contributed by atoms with Gasteiger partial charge in [0.05, 0.1) is 0 Å². The van der Waals surface area contributed by atoms with Gasteiger partial charge in [0.1, 0.15) is 11.2 Å². The van der Waals surface area contributed by atoms with Crippen molar-refractivity contribution in [3.8, 4) is 45.3 Å². The fourth-order valence-electron chi connectivity index (χ4n) is 6.23. The van der Waals surface area contributed by atoms with Crippen LogP contribution in [0.25, 0.3) is 88.8 Å². The average molecular weight is 576 g/mol. The third kappa shape index (κ3) is 4.43. The van der Waals surface area contributed by atoms with Crippen LogP contribution >= 0.6 is 0 Å². The Labute approximate surface area is 259 Å². The Hall–Kier alpha value is -6.13. The number of nitrogens with zero attached hydrogens (tertiary/aromatic N) is 3. The van der Waals surface area contributed by atoms with Gasteiger partial charge in [-0.1, -0.05) is 121 Å². The third-order valence-electron chi connectivity index (χ3n) is 8.50. The number of hydrogen-bond donors (Lipinski definition) is 0. The molecule has 0 aliphatic heterocycles. The highest BCUT2D eigenvalue weighted by atomic mass is 16.3. The zero-order valence-corrected chi connectivity index (χ0v) is 24.2. The molecule has 0 spiro atoms. The number of hydrogen-bond acceptors (Lipinski definition) is 4. The zero-order chi connectivity index (χ0) is 29.7. The molecule has 0 unspecified atom stereocenters. The van der Waals surface area contributed by atoms with Crippen molar-refractivity contribution in [2.45, 2.75) is 0 Å². The summed E-state index contributed by atoms with van der Waals surface area (Å²) in [5, 5.41) is 6.65. The molecule has 7 aromatic carbocycles. The maximum absolute atomic E-state index is 6.43. The Morgan fingerprint density at radius 2 is 0.933 bits per heavy atom. The van der Waals surface area contributed by atoms with Crippen LogP contribution in [0.3, 0.4) is 0 Å². The summed E-state index contributed by atoms with van der Waals surface area (Å²) >= 11 is 0. The van der Waals surface area contributed by atoms with Crippen LogP contribution in [0.1, 0.15) is 0 Å². The molecule has 4 heteroatoms. The van der Waals surface area contributed by atoms with E-state index >= 15 is 0 Å². The SMILES string of the molecule is c1ccc(-c2ccc3c(c2)oc2cccc(-c4nc(-c5ccc6ccccc6c5)nc(-c5ccc6ccccc6c5)n4)c23)cc1. The summed E-state index contributed by atoms with van der Waals surface area (Å²) in [7, 11) is 0. The molecule has 0 saturated carbocycles. The average Bonchev–Trinajstić information content (AvgIpc) is 3.49. The largest absolute Gasteiger partial charge is 0.456 e. The fraction of sp³-hybridized carbons (Fsp3) is 0. The molecule has 4 nitrogen and oxygen atoms in total. The molecular formula is C41H25N3O. The fourth-order valence-corrected chi connectivity index (χ4v) is 6.23. The standard InChI is InChI=1S/C41H25N3O/c1-2-9-26(10-3-1)31-21-22-34-37(25-31)45-36-16-8-15-35(38(34)36)41-43-39(32-19-17-27-11-4-6-13-29(27)23-32)42-40(44-41)33-20-18-28-12-5-7-14-30(28)24-33/h1-25H. The van der Waals surface area contributed by atoms with Crippen LogP contribution in [0.15, 0.2) is 156 Å². The highest BCUT2D eigenvalue weighted by molar-refractivity contribution is 6.12. The van der Waals surface area contributed by atoms with E-state index in [9.17, 15) is 0 Å². The van der Waals surface area contributed by atoms with E-state index in [4.69, 9.17) is 19.4 Å². The molecule has 0 N–H and O–H groups in total. The summed E-state index contributed by atoms with van der Waals surface area (Å²) in [6.45, 7) is 0. The topological polar surface area (TPSA) is 51.8 Å². The molecule has 2 heterocycles. The second kappa shape index (κ2) is 10.2. The number of fused-ring (bicyclic) bond motifs is 5. The van der Waals surface area contributed by atoms with Gasteiger partial charge in [0.15, 0.2) is 17.5 Å². The van der Waals surface area contributed by atoms with Crippen LogP contribution in [0, 0.1) is 0 Å². The molecule has 0 atom stereocenters. The van der Waals surface area contributed by atoms with Crippen molar-refractivity contribution in [2.75, 3.05) is 0 Å². The van der Waals surface area contributed by atoms with Gasteiger partial charge in [-0.15, -0.1) is 0 Å². The molecule has 0 saturated heterocycles. The molecule has 0 aliphatic rings. The Morgan fingerprint density at radius 1 is 0.356 bits per heavy atom. The predicted octanol–water partition coefficient (Wildman–Crippen LogP) is 10.7. The Kier molecular flexibility index (Phi) is 5.78. The van der Waals surface area contributed by atoms with Crippen molar-refractivity contribution in [1.82, 2.24) is 15.0 Å². The van der Waals surface area contributed by atoms with E-state index in [-0.39, 0.29) is 0 Å². The highest BCUT2D eigenvalue weighted by Gasteiger charge is 2.18. The summed E-state index contributed by atoms with van der Waals surface area (Å²) in [4.78, 5) is 15.3. The van der Waals surface area contributed by atoms with Gasteiger partial charge in [0, 0.05) is 27.5 Å². The van der Waals surface area contributed by atoms with E-state index in [0.29, 0.717) is 17.5 Å². The molecule has 0 bridgehead atoms. The van der Waals surface area contributed by atoms with E-state index in [0.717, 1.165) is 60.5 Å². The minimum absolute atomic E-state index is 0.608. The van der Waals surface area contributed by atoms with Crippen LogP contribution in [0.4, 0.5) is 0 Å². The van der Waals surface area contributed by atoms with Gasteiger partial charge in [0.25, 0.3) is 0 Å². The molecule has 210 valence electrons. The number of rotatable bonds is 4. The molecule has 0 fully saturated rings. The van der Waals surface area contributed by atoms with Crippen molar-refractivity contribution in [2.24, 2.45) is 0 Å². The van der Waals surface area contributed by atoms with Crippen molar-refractivity contribution in [1.29, 1.82) is 0 Å². The van der Waals surface area contributed by atoms with Crippen LogP contribution < -0.4 is 0 Å². The number of furan rings is 1. The quantitative estimate of drug-likeness (QED) is 0.209. The first kappa shape index (κ1) is 25.4. The minimum Gasteiger partial charge on any atom is -0.456 e. The molecule has 45 heavy (non-hydrogen) atoms. The zero-order valence-electron chi connectivity index (χ0n) is 24.2. The second-order valence-corrected chi connectivity index (χ2v) is 11.3. The Bertz CT molecular complexity index is 2450. The maximum Gasteiger partial charge on any atom is 0.164 e. The van der Waals surface area contributed by atoms with E-state index in [2.05, 4.69) is 133 Å². The molecule has 0 aliphatic carbocycles. The normalized spacial score (nSPS) is 11.6. The monoisotopic (exact) mass is 575 g/mol. The number of aromatic nitrogens is 3. The molecular weight excluding hydrogens is 550 g/mol. The van der Waals surface area contributed by atoms with Crippen molar-refractivity contribution < 1.29 is 4.42 Å². The lowest BCUT2D eigenvalue weighted by molar-refractivity contribution is 0.669. The minimum atomic E-state index is 0.608. The maximum atomic E-state index is 6.43. The lowest BCUT2D eigenvalue weighted by Crippen LogP contribution is -2.00. The van der Waals surface area contributed by atoms with Gasteiger partial charge in [-0.05, 0) is 63.0 Å². The molecule has 0 amide bonds. The van der Waals surface area contributed by atoms with Crippen LogP contribution in [-0.4, -0.2) is 15.0 Å². The van der Waals surface area contributed by atoms with Gasteiger partial charge < -0.3 is 4.42 Å². The molecule has 0 radical (unpaired) electrons. The smallest absolute Gasteiger partial charge is 0.164 e. The lowest BCUT2D eigenvalue weighted by atomic mass is 10.0. The summed E-state index contributed by atoms with van der Waals surface area (Å²) in [5.74, 6) is 1.87. The second-order valence-electron chi connectivity index (χ2n) is 11.3. The summed E-state index contributed by atoms with van der Waals surface area (Å²) in [6, 6.07) is 52.3. The van der Waals surface area contributed by atoms with Crippen LogP contribution in [-0.2, 0) is 0 Å². The third-order valence-corrected chi connectivity index (χ3v) is 8.50. The molecule has 9 rings (SSSR count). The van der Waals surface area contributed by atoms with Crippen LogP contribution in [0.5, 0.6) is 0 Å². The van der Waals surface area contributed by atoms with E-state index < -0.39 is 0 Å². The van der Waals surface area contributed by atoms with E-state index in [1.54, 1.807) is 0 Å². The Morgan fingerprint density at radius 3 is 1.60 bits per heavy atom. The summed E-state index contributed by atoms with van der Waals surface area (Å²) in [6.07, 6.45) is 0. The number of benzene rings is 7. The Balaban J connectivity index is 1.27. The van der Waals surface area contributed by atoms with Gasteiger partial charge in [-0.2, -0.15) is 0 Å². The van der Waals surface area contributed by atoms with Crippen molar-refractivity contribution in [3.05, 3.63) is 152 Å². The van der Waals surface area contributed by atoms with Crippen molar-refractivity contribution in [3.63, 3.8) is 0 Å². The molecule has 9 aromatic rings. The summed E-state index contributed by atoms with van der Waals surface area (Å²) in [5.41, 5.74) is 6.68. The van der Waals surface area contributed by atoms with Gasteiger partial charge in [0.2, 0.25) is 0 Å². The van der Waals surface area contributed by atoms with E-state index in [1.807, 2.05) is 18.2 Å². The van der Waals surface area contributed by atoms with Crippen molar-refractivity contribution >= 4 is 43.5 Å². The first-order chi connectivity index (χ1) is 22.3. The van der Waals surface area contributed by atoms with Gasteiger partial charge in [-0.3, -0.25) is 0 Å². The van der Waals surface area contributed by atoms with E-state index in [1.165, 1.54) is 10.8 Å². The van der Waals surface area contributed by atoms with Gasteiger partial charge in [-0.25, -0.2) is 15.0 Å². The lowest BCUT2D eigenvalue weighted by Gasteiger charge is -2.10. The summed E-state index contributed by atoms with van der Waals surface area (Å²) < 4.78 is 6.43.